The molecule has 0 unspecified atom stereocenters. The number of carboxylic acids is 1. The zero-order valence-corrected chi connectivity index (χ0v) is 22.9. The van der Waals surface area contributed by atoms with Gasteiger partial charge in [-0.1, -0.05) is 35.5 Å². The third-order valence-corrected chi connectivity index (χ3v) is 9.51. The molecule has 3 aromatic heterocycles. The molecular formula is C28H22F2N4O4S2. The molecule has 1 saturated carbocycles. The zero-order chi connectivity index (χ0) is 28.2. The van der Waals surface area contributed by atoms with Crippen molar-refractivity contribution in [2.24, 2.45) is 0 Å². The quantitative estimate of drug-likeness (QED) is 0.211. The molecule has 1 atom stereocenters. The molecule has 1 amide bonds. The van der Waals surface area contributed by atoms with Crippen LogP contribution in [0.15, 0.2) is 54.6 Å². The van der Waals surface area contributed by atoms with Gasteiger partial charge >= 0.3 is 12.1 Å². The Morgan fingerprint density at radius 2 is 1.80 bits per heavy atom. The molecule has 2 N–H and O–H groups in total. The second-order valence-electron chi connectivity index (χ2n) is 9.64. The number of amides is 1. The predicted octanol–water partition coefficient (Wildman–Crippen LogP) is 7.22. The number of nitrogens with one attached hydrogen (secondary N) is 1. The minimum Gasteiger partial charge on any atom is -0.481 e. The average Bonchev–Trinajstić information content (AvgIpc) is 3.34. The van der Waals surface area contributed by atoms with Crippen LogP contribution in [-0.2, 0) is 14.9 Å². The molecular weight excluding hydrogens is 558 g/mol. The highest BCUT2D eigenvalue weighted by Crippen LogP contribution is 2.53. The van der Waals surface area contributed by atoms with Crippen molar-refractivity contribution < 1.29 is 28.2 Å². The van der Waals surface area contributed by atoms with Gasteiger partial charge in [-0.15, -0.1) is 27.8 Å². The van der Waals surface area contributed by atoms with E-state index in [1.165, 1.54) is 22.7 Å². The number of halogens is 2. The summed E-state index contributed by atoms with van der Waals surface area (Å²) in [4.78, 5) is 25.6. The van der Waals surface area contributed by atoms with E-state index in [0.717, 1.165) is 36.7 Å². The monoisotopic (exact) mass is 580 g/mol. The van der Waals surface area contributed by atoms with Gasteiger partial charge in [-0.3, -0.25) is 10.1 Å². The van der Waals surface area contributed by atoms with E-state index in [4.69, 9.17) is 4.74 Å². The Bertz CT molecular complexity index is 1740. The van der Waals surface area contributed by atoms with Gasteiger partial charge in [0.15, 0.2) is 5.82 Å². The third-order valence-electron chi connectivity index (χ3n) is 6.98. The maximum Gasteiger partial charge on any atom is 0.413 e. The summed E-state index contributed by atoms with van der Waals surface area (Å²) in [6.45, 7) is 3.29. The molecule has 8 nitrogen and oxygen atoms in total. The number of carbonyl (C=O) groups is 2. The number of anilines is 1. The van der Waals surface area contributed by atoms with Gasteiger partial charge in [0.25, 0.3) is 0 Å². The number of benzene rings is 2. The molecule has 3 heterocycles. The Kier molecular flexibility index (Phi) is 6.38. The molecule has 0 saturated heterocycles. The number of aryl methyl sites for hydroxylation is 1. The summed E-state index contributed by atoms with van der Waals surface area (Å²) >= 11 is 2.65. The van der Waals surface area contributed by atoms with E-state index in [2.05, 4.69) is 15.6 Å². The number of hydrogen-bond acceptors (Lipinski definition) is 7. The van der Waals surface area contributed by atoms with Gasteiger partial charge < -0.3 is 9.84 Å². The molecule has 0 aliphatic heterocycles. The lowest BCUT2D eigenvalue weighted by molar-refractivity contribution is -0.139. The van der Waals surface area contributed by atoms with Crippen molar-refractivity contribution in [3.63, 3.8) is 0 Å². The summed E-state index contributed by atoms with van der Waals surface area (Å²) in [5.74, 6) is -2.24. The summed E-state index contributed by atoms with van der Waals surface area (Å²) in [6, 6.07) is 14.8. The second kappa shape index (κ2) is 9.79. The van der Waals surface area contributed by atoms with Crippen molar-refractivity contribution in [2.45, 2.75) is 38.2 Å². The fourth-order valence-electron chi connectivity index (χ4n) is 4.53. The van der Waals surface area contributed by atoms with E-state index in [0.29, 0.717) is 17.7 Å². The number of nitrogens with zero attached hydrogens (tertiary/aromatic N) is 3. The summed E-state index contributed by atoms with van der Waals surface area (Å²) in [5.41, 5.74) is 0.112. The number of aliphatic carboxylic acids is 1. The maximum atomic E-state index is 15.4. The average molecular weight is 581 g/mol. The predicted molar refractivity (Wildman–Crippen MR) is 148 cm³/mol. The minimum absolute atomic E-state index is 0.0490. The van der Waals surface area contributed by atoms with Crippen LogP contribution in [0.2, 0.25) is 0 Å². The van der Waals surface area contributed by atoms with Crippen LogP contribution < -0.4 is 5.32 Å². The van der Waals surface area contributed by atoms with Crippen LogP contribution in [-0.4, -0.2) is 32.2 Å². The van der Waals surface area contributed by atoms with Crippen LogP contribution in [0.25, 0.3) is 25.5 Å². The molecule has 5 aromatic rings. The lowest BCUT2D eigenvalue weighted by atomic mass is 10.1. The van der Waals surface area contributed by atoms with E-state index in [-0.39, 0.29) is 22.8 Å². The molecule has 40 heavy (non-hydrogen) atoms. The highest BCUT2D eigenvalue weighted by Gasteiger charge is 2.53. The third kappa shape index (κ3) is 4.52. The lowest BCUT2D eigenvalue weighted by Gasteiger charge is -2.15. The molecule has 2 aromatic carbocycles. The van der Waals surface area contributed by atoms with Gasteiger partial charge in [0, 0.05) is 30.8 Å². The van der Waals surface area contributed by atoms with Crippen LogP contribution in [0, 0.1) is 18.6 Å². The van der Waals surface area contributed by atoms with E-state index in [1.807, 2.05) is 36.4 Å². The maximum absolute atomic E-state index is 15.4. The first-order valence-electron chi connectivity index (χ1n) is 12.4. The van der Waals surface area contributed by atoms with Crippen LogP contribution in [0.3, 0.4) is 0 Å². The van der Waals surface area contributed by atoms with Gasteiger partial charge in [0.2, 0.25) is 0 Å². The number of hydrogen-bond donors (Lipinski definition) is 2. The summed E-state index contributed by atoms with van der Waals surface area (Å²) < 4.78 is 38.9. The normalized spacial score (nSPS) is 14.7. The van der Waals surface area contributed by atoms with Crippen LogP contribution in [0.1, 0.15) is 42.0 Å². The number of carboxylic acid groups (broad SMARTS) is 1. The van der Waals surface area contributed by atoms with Gasteiger partial charge in [-0.25, -0.2) is 13.6 Å². The van der Waals surface area contributed by atoms with Gasteiger partial charge in [0.1, 0.15) is 34.5 Å². The van der Waals surface area contributed by atoms with Gasteiger partial charge in [-0.2, -0.15) is 4.68 Å². The number of fused-ring (bicyclic) bond motifs is 1. The molecule has 0 bridgehead atoms. The van der Waals surface area contributed by atoms with E-state index in [9.17, 15) is 14.7 Å². The largest absolute Gasteiger partial charge is 0.481 e. The van der Waals surface area contributed by atoms with E-state index in [1.54, 1.807) is 19.9 Å². The SMILES string of the molecule is Cc1nnn(-c2cc(F)c(-c3cc4sc(C5(C(=O)O)CC5)cc4s3)cc2F)c1NC(=O)O[C@H](C)c1ccccc1. The topological polar surface area (TPSA) is 106 Å². The second-order valence-corrected chi connectivity index (χ2v) is 11.8. The Labute approximate surface area is 234 Å². The van der Waals surface area contributed by atoms with E-state index < -0.39 is 35.2 Å². The van der Waals surface area contributed by atoms with E-state index >= 15 is 8.78 Å². The van der Waals surface area contributed by atoms with Gasteiger partial charge in [-0.05, 0) is 50.5 Å². The first-order chi connectivity index (χ1) is 19.2. The van der Waals surface area contributed by atoms with Crippen LogP contribution in [0.5, 0.6) is 0 Å². The molecule has 1 fully saturated rings. The number of aromatic nitrogens is 3. The highest BCUT2D eigenvalue weighted by molar-refractivity contribution is 7.29. The molecule has 1 aliphatic carbocycles. The van der Waals surface area contributed by atoms with Crippen LogP contribution >= 0.6 is 22.7 Å². The van der Waals surface area contributed by atoms with Gasteiger partial charge in [0.05, 0.1) is 0 Å². The molecule has 6 rings (SSSR count). The molecule has 12 heteroatoms. The molecule has 0 radical (unpaired) electrons. The fourth-order valence-corrected chi connectivity index (χ4v) is 7.18. The van der Waals surface area contributed by atoms with Crippen LogP contribution in [0.4, 0.5) is 19.4 Å². The number of ether oxygens (including phenoxy) is 1. The number of thiophene rings is 2. The Balaban J connectivity index is 1.26. The fraction of sp³-hybridized carbons (Fsp3) is 0.214. The van der Waals surface area contributed by atoms with Crippen molar-refractivity contribution in [2.75, 3.05) is 5.32 Å². The molecule has 204 valence electrons. The zero-order valence-electron chi connectivity index (χ0n) is 21.3. The molecule has 0 spiro atoms. The Morgan fingerprint density at radius 3 is 2.48 bits per heavy atom. The first-order valence-corrected chi connectivity index (χ1v) is 14.0. The van der Waals surface area contributed by atoms with Crippen molar-refractivity contribution in [1.82, 2.24) is 15.0 Å². The summed E-state index contributed by atoms with van der Waals surface area (Å²) in [6.07, 6.45) is -0.136. The van der Waals surface area contributed by atoms with Crippen molar-refractivity contribution in [3.8, 4) is 16.1 Å². The summed E-state index contributed by atoms with van der Waals surface area (Å²) in [7, 11) is 0. The Morgan fingerprint density at radius 1 is 1.07 bits per heavy atom. The number of carbonyl (C=O) groups excluding carboxylic acids is 1. The van der Waals surface area contributed by atoms with Crippen molar-refractivity contribution >= 4 is 50.0 Å². The first kappa shape index (κ1) is 26.1. The summed E-state index contributed by atoms with van der Waals surface area (Å²) in [5, 5.41) is 19.9. The number of rotatable bonds is 7. The molecule has 1 aliphatic rings. The highest BCUT2D eigenvalue weighted by atomic mass is 32.1. The van der Waals surface area contributed by atoms with Crippen molar-refractivity contribution in [3.05, 3.63) is 82.4 Å². The van der Waals surface area contributed by atoms with Crippen molar-refractivity contribution in [1.29, 1.82) is 0 Å². The lowest BCUT2D eigenvalue weighted by Crippen LogP contribution is -2.19. The smallest absolute Gasteiger partial charge is 0.413 e. The minimum atomic E-state index is -0.832. The Hall–Kier alpha value is -4.16. The standard InChI is InChI=1S/C28H22F2N4O4S2/c1-14-25(31-27(37)38-15(2)16-6-4-3-5-7-16)34(33-32-14)20-11-18(29)17(10-19(20)30)21-12-22-23(39-21)13-24(40-22)28(8-9-28)26(35)36/h3-7,10-13,15H,8-9H2,1-2H3,(H,31,37)(H,35,36)/t15-/m1/s1.